The first-order valence-electron chi connectivity index (χ1n) is 9.44. The van der Waals surface area contributed by atoms with Crippen LogP contribution in [-0.2, 0) is 9.59 Å². The zero-order valence-corrected chi connectivity index (χ0v) is 21.2. The van der Waals surface area contributed by atoms with Gasteiger partial charge in [-0.1, -0.05) is 12.1 Å². The fraction of sp³-hybridized carbons (Fsp3) is 0.227. The van der Waals surface area contributed by atoms with Crippen LogP contribution in [0.5, 0.6) is 11.5 Å². The largest absolute Gasteiger partial charge is 0.491 e. The number of aliphatic carboxylic acids is 1. The van der Waals surface area contributed by atoms with Gasteiger partial charge in [0.05, 0.1) is 20.4 Å². The van der Waals surface area contributed by atoms with Crippen molar-refractivity contribution in [1.82, 2.24) is 4.90 Å². The molecule has 2 amide bonds. The first kappa shape index (κ1) is 24.3. The number of ether oxygens (including phenoxy) is 2. The monoisotopic (exact) mass is 583 g/mol. The van der Waals surface area contributed by atoms with E-state index in [1.165, 1.54) is 0 Å². The molecule has 1 heterocycles. The summed E-state index contributed by atoms with van der Waals surface area (Å²) < 4.78 is 12.0. The van der Waals surface area contributed by atoms with E-state index in [0.717, 1.165) is 33.5 Å². The third kappa shape index (κ3) is 5.93. The summed E-state index contributed by atoms with van der Waals surface area (Å²) in [6, 6.07) is 9.23. The summed E-state index contributed by atoms with van der Waals surface area (Å²) in [6.45, 7) is 3.76. The molecule has 1 aliphatic rings. The Morgan fingerprint density at radius 1 is 1.12 bits per heavy atom. The van der Waals surface area contributed by atoms with E-state index in [1.807, 2.05) is 32.0 Å². The highest BCUT2D eigenvalue weighted by atomic mass is 79.9. The smallest absolute Gasteiger partial charge is 0.341 e. The topological polar surface area (TPSA) is 93.1 Å². The molecule has 32 heavy (non-hydrogen) atoms. The Morgan fingerprint density at radius 3 is 2.47 bits per heavy atom. The molecule has 2 aromatic rings. The zero-order chi connectivity index (χ0) is 23.4. The highest BCUT2D eigenvalue weighted by Gasteiger charge is 2.34. The fourth-order valence-corrected chi connectivity index (χ4v) is 5.20. The molecule has 0 spiro atoms. The molecule has 1 saturated heterocycles. The summed E-state index contributed by atoms with van der Waals surface area (Å²) in [6.07, 6.45) is 1.60. The number of hydrogen-bond donors (Lipinski definition) is 1. The molecule has 0 bridgehead atoms. The standard InChI is InChI=1S/C22H19Br2NO6S/c1-12-3-4-13(2)17(7-12)30-6-5-25-21(28)18(32-22(25)29)10-14-8-15(23)20(16(24)9-14)31-11-19(26)27/h3-4,7-10H,5-6,11H2,1-2H3,(H,26,27)/b18-10-. The van der Waals surface area contributed by atoms with Gasteiger partial charge in [-0.25, -0.2) is 4.79 Å². The summed E-state index contributed by atoms with van der Waals surface area (Å²) in [5.74, 6) is -0.417. The predicted octanol–water partition coefficient (Wildman–Crippen LogP) is 5.41. The van der Waals surface area contributed by atoms with E-state index in [2.05, 4.69) is 31.9 Å². The van der Waals surface area contributed by atoms with Gasteiger partial charge in [0.25, 0.3) is 11.1 Å². The second kappa shape index (κ2) is 10.5. The highest BCUT2D eigenvalue weighted by Crippen LogP contribution is 2.37. The molecule has 0 unspecified atom stereocenters. The average molecular weight is 585 g/mol. The van der Waals surface area contributed by atoms with Crippen LogP contribution >= 0.6 is 43.6 Å². The average Bonchev–Trinajstić information content (AvgIpc) is 2.97. The zero-order valence-electron chi connectivity index (χ0n) is 17.2. The van der Waals surface area contributed by atoms with Crippen LogP contribution in [0, 0.1) is 13.8 Å². The molecule has 0 saturated carbocycles. The van der Waals surface area contributed by atoms with E-state index in [9.17, 15) is 14.4 Å². The Morgan fingerprint density at radius 2 is 1.81 bits per heavy atom. The van der Waals surface area contributed by atoms with Gasteiger partial charge < -0.3 is 14.6 Å². The maximum Gasteiger partial charge on any atom is 0.341 e. The molecule has 0 radical (unpaired) electrons. The molecular weight excluding hydrogens is 566 g/mol. The van der Waals surface area contributed by atoms with E-state index >= 15 is 0 Å². The summed E-state index contributed by atoms with van der Waals surface area (Å²) in [4.78, 5) is 37.3. The molecule has 0 aliphatic carbocycles. The van der Waals surface area contributed by atoms with Gasteiger partial charge in [0.1, 0.15) is 18.1 Å². The SMILES string of the molecule is Cc1ccc(C)c(OCCN2C(=O)S/C(=C\c3cc(Br)c(OCC(=O)O)c(Br)c3)C2=O)c1. The quantitative estimate of drug-likeness (QED) is 0.415. The van der Waals surface area contributed by atoms with Crippen LogP contribution in [0.3, 0.4) is 0 Å². The first-order chi connectivity index (χ1) is 15.2. The number of thioether (sulfide) groups is 1. The lowest BCUT2D eigenvalue weighted by Crippen LogP contribution is -2.32. The minimum Gasteiger partial charge on any atom is -0.491 e. The van der Waals surface area contributed by atoms with Gasteiger partial charge in [-0.15, -0.1) is 0 Å². The molecule has 7 nitrogen and oxygen atoms in total. The van der Waals surface area contributed by atoms with Crippen molar-refractivity contribution in [2.75, 3.05) is 19.8 Å². The van der Waals surface area contributed by atoms with E-state index in [4.69, 9.17) is 14.6 Å². The second-order valence-electron chi connectivity index (χ2n) is 6.95. The van der Waals surface area contributed by atoms with Crippen LogP contribution in [0.4, 0.5) is 4.79 Å². The maximum atomic E-state index is 12.7. The van der Waals surface area contributed by atoms with E-state index in [-0.39, 0.29) is 24.3 Å². The number of imide groups is 1. The molecule has 0 aromatic heterocycles. The Labute approximate surface area is 206 Å². The first-order valence-corrected chi connectivity index (χ1v) is 11.8. The molecule has 1 aliphatic heterocycles. The molecule has 10 heteroatoms. The molecule has 2 aromatic carbocycles. The summed E-state index contributed by atoms with van der Waals surface area (Å²) in [7, 11) is 0. The lowest BCUT2D eigenvalue weighted by Gasteiger charge is -2.14. The van der Waals surface area contributed by atoms with Crippen molar-refractivity contribution in [2.45, 2.75) is 13.8 Å². The van der Waals surface area contributed by atoms with E-state index in [0.29, 0.717) is 25.2 Å². The van der Waals surface area contributed by atoms with Gasteiger partial charge >= 0.3 is 5.97 Å². The minimum atomic E-state index is -1.09. The molecule has 0 atom stereocenters. The summed E-state index contributed by atoms with van der Waals surface area (Å²) in [5, 5.41) is 8.42. The van der Waals surface area contributed by atoms with Crippen molar-refractivity contribution >= 4 is 66.8 Å². The number of carboxylic acids is 1. The number of amides is 2. The summed E-state index contributed by atoms with van der Waals surface area (Å²) in [5.41, 5.74) is 2.69. The van der Waals surface area contributed by atoms with Crippen LogP contribution < -0.4 is 9.47 Å². The van der Waals surface area contributed by atoms with E-state index < -0.39 is 12.6 Å². The Balaban J connectivity index is 1.68. The number of hydrogen-bond acceptors (Lipinski definition) is 6. The van der Waals surface area contributed by atoms with Crippen LogP contribution in [0.25, 0.3) is 6.08 Å². The number of carbonyl (C=O) groups excluding carboxylic acids is 2. The molecule has 1 fully saturated rings. The highest BCUT2D eigenvalue weighted by molar-refractivity contribution is 9.11. The molecular formula is C22H19Br2NO6S. The van der Waals surface area contributed by atoms with Gasteiger partial charge in [-0.3, -0.25) is 14.5 Å². The molecule has 1 N–H and O–H groups in total. The number of carbonyl (C=O) groups is 3. The van der Waals surface area contributed by atoms with Gasteiger partial charge in [-0.05, 0) is 98.4 Å². The van der Waals surface area contributed by atoms with E-state index in [1.54, 1.807) is 18.2 Å². The Kier molecular flexibility index (Phi) is 8.02. The number of rotatable bonds is 8. The van der Waals surface area contributed by atoms with Crippen molar-refractivity contribution in [3.05, 3.63) is 60.9 Å². The fourth-order valence-electron chi connectivity index (χ4n) is 2.89. The lowest BCUT2D eigenvalue weighted by atomic mass is 10.1. The third-order valence-corrected chi connectivity index (χ3v) is 6.53. The van der Waals surface area contributed by atoms with Gasteiger partial charge in [0.15, 0.2) is 6.61 Å². The lowest BCUT2D eigenvalue weighted by molar-refractivity contribution is -0.139. The van der Waals surface area contributed by atoms with Crippen molar-refractivity contribution in [3.8, 4) is 11.5 Å². The summed E-state index contributed by atoms with van der Waals surface area (Å²) >= 11 is 7.54. The third-order valence-electron chi connectivity index (χ3n) is 4.45. The van der Waals surface area contributed by atoms with Crippen LogP contribution in [0.2, 0.25) is 0 Å². The number of aryl methyl sites for hydroxylation is 2. The normalized spacial score (nSPS) is 14.9. The van der Waals surface area contributed by atoms with Crippen molar-refractivity contribution in [2.24, 2.45) is 0 Å². The second-order valence-corrected chi connectivity index (χ2v) is 9.65. The van der Waals surface area contributed by atoms with Crippen LogP contribution in [0.15, 0.2) is 44.2 Å². The Bertz CT molecular complexity index is 1090. The minimum absolute atomic E-state index is 0.144. The van der Waals surface area contributed by atoms with Crippen molar-refractivity contribution in [1.29, 1.82) is 0 Å². The molecule has 168 valence electrons. The Hall–Kier alpha value is -2.30. The maximum absolute atomic E-state index is 12.7. The number of halogens is 2. The van der Waals surface area contributed by atoms with Gasteiger partial charge in [-0.2, -0.15) is 0 Å². The van der Waals surface area contributed by atoms with Gasteiger partial charge in [0.2, 0.25) is 0 Å². The number of carboxylic acid groups (broad SMARTS) is 1. The number of nitrogens with zero attached hydrogens (tertiary/aromatic N) is 1. The number of benzene rings is 2. The predicted molar refractivity (Wildman–Crippen MR) is 129 cm³/mol. The van der Waals surface area contributed by atoms with Crippen LogP contribution in [-0.4, -0.2) is 46.9 Å². The van der Waals surface area contributed by atoms with Gasteiger partial charge in [0, 0.05) is 0 Å². The molecule has 3 rings (SSSR count). The van der Waals surface area contributed by atoms with Crippen molar-refractivity contribution in [3.63, 3.8) is 0 Å². The van der Waals surface area contributed by atoms with Crippen LogP contribution in [0.1, 0.15) is 16.7 Å². The van der Waals surface area contributed by atoms with Crippen molar-refractivity contribution < 1.29 is 29.0 Å².